The fourth-order valence-electron chi connectivity index (χ4n) is 2.54. The molecule has 3 rings (SSSR count). The second kappa shape index (κ2) is 7.69. The second-order valence-electron chi connectivity index (χ2n) is 5.95. The Balaban J connectivity index is 1.69. The molecule has 13 heteroatoms. The molecular formula is C16H12F4N6O3. The molecule has 0 atom stereocenters. The van der Waals surface area contributed by atoms with Crippen molar-refractivity contribution in [3.05, 3.63) is 69.2 Å². The zero-order valence-corrected chi connectivity index (χ0v) is 14.7. The van der Waals surface area contributed by atoms with Crippen LogP contribution in [0.25, 0.3) is 0 Å². The van der Waals surface area contributed by atoms with Gasteiger partial charge in [-0.1, -0.05) is 0 Å². The monoisotopic (exact) mass is 412 g/mol. The van der Waals surface area contributed by atoms with Crippen LogP contribution < -0.4 is 5.32 Å². The van der Waals surface area contributed by atoms with Crippen LogP contribution in [0.1, 0.15) is 11.3 Å². The third-order valence-corrected chi connectivity index (χ3v) is 3.85. The first-order valence-corrected chi connectivity index (χ1v) is 7.99. The van der Waals surface area contributed by atoms with Gasteiger partial charge in [0.2, 0.25) is 5.91 Å². The summed E-state index contributed by atoms with van der Waals surface area (Å²) in [6.45, 7) is 0.453. The van der Waals surface area contributed by atoms with E-state index in [-0.39, 0.29) is 29.8 Å². The molecule has 2 heterocycles. The number of hydrogen-bond acceptors (Lipinski definition) is 5. The molecular weight excluding hydrogens is 400 g/mol. The predicted molar refractivity (Wildman–Crippen MR) is 89.9 cm³/mol. The summed E-state index contributed by atoms with van der Waals surface area (Å²) in [5, 5.41) is 20.9. The molecule has 0 aliphatic heterocycles. The van der Waals surface area contributed by atoms with Gasteiger partial charge in [-0.2, -0.15) is 10.2 Å². The van der Waals surface area contributed by atoms with Crippen molar-refractivity contribution >= 4 is 17.4 Å². The molecule has 0 saturated heterocycles. The molecule has 0 saturated carbocycles. The van der Waals surface area contributed by atoms with Crippen molar-refractivity contribution in [1.29, 1.82) is 0 Å². The molecule has 0 radical (unpaired) electrons. The maximum absolute atomic E-state index is 13.7. The van der Waals surface area contributed by atoms with E-state index in [0.29, 0.717) is 0 Å². The fourth-order valence-corrected chi connectivity index (χ4v) is 2.54. The van der Waals surface area contributed by atoms with E-state index >= 15 is 0 Å². The van der Waals surface area contributed by atoms with Gasteiger partial charge in [0.1, 0.15) is 18.4 Å². The minimum atomic E-state index is -1.54. The number of amides is 1. The van der Waals surface area contributed by atoms with E-state index in [2.05, 4.69) is 15.5 Å². The van der Waals surface area contributed by atoms with Gasteiger partial charge in [-0.15, -0.1) is 0 Å². The van der Waals surface area contributed by atoms with Gasteiger partial charge >= 0.3 is 5.69 Å². The second-order valence-corrected chi connectivity index (χ2v) is 5.95. The van der Waals surface area contributed by atoms with E-state index in [4.69, 9.17) is 0 Å². The van der Waals surface area contributed by atoms with Crippen LogP contribution in [0.4, 0.5) is 29.1 Å². The zero-order valence-electron chi connectivity index (χ0n) is 14.7. The van der Waals surface area contributed by atoms with Crippen LogP contribution >= 0.6 is 0 Å². The lowest BCUT2D eigenvalue weighted by molar-refractivity contribution is -0.385. The van der Waals surface area contributed by atoms with Gasteiger partial charge < -0.3 is 5.32 Å². The lowest BCUT2D eigenvalue weighted by atomic mass is 10.2. The molecule has 1 aromatic carbocycles. The van der Waals surface area contributed by atoms with E-state index in [1.165, 1.54) is 19.2 Å². The molecule has 0 spiro atoms. The maximum Gasteiger partial charge on any atom is 0.309 e. The number of carbonyl (C=O) groups is 1. The van der Waals surface area contributed by atoms with Gasteiger partial charge in [-0.3, -0.25) is 24.3 Å². The summed E-state index contributed by atoms with van der Waals surface area (Å²) in [6.07, 6.45) is 2.33. The topological polar surface area (TPSA) is 108 Å². The summed E-state index contributed by atoms with van der Waals surface area (Å²) in [5.74, 6) is -6.79. The Labute approximate surface area is 159 Å². The lowest BCUT2D eigenvalue weighted by Crippen LogP contribution is -2.19. The standard InChI is InChI=1S/C16H12F4N6O3/c1-8-12(26(28)29)6-25(22-8)7-14(27)21-13-2-3-24(23-13)5-9-15(19)10(17)4-11(18)16(9)20/h2-4,6H,5,7H2,1H3,(H,21,23,27). The predicted octanol–water partition coefficient (Wildman–Crippen LogP) is 2.54. The average molecular weight is 412 g/mol. The van der Waals surface area contributed by atoms with Crippen LogP contribution in [-0.4, -0.2) is 30.4 Å². The highest BCUT2D eigenvalue weighted by molar-refractivity contribution is 5.89. The van der Waals surface area contributed by atoms with Crippen LogP contribution in [-0.2, 0) is 17.9 Å². The Morgan fingerprint density at radius 1 is 1.17 bits per heavy atom. The van der Waals surface area contributed by atoms with E-state index < -0.39 is 46.2 Å². The number of aryl methyl sites for hydroxylation is 1. The number of anilines is 1. The third-order valence-electron chi connectivity index (χ3n) is 3.85. The van der Waals surface area contributed by atoms with Crippen LogP contribution in [0, 0.1) is 40.3 Å². The molecule has 1 N–H and O–H groups in total. The Morgan fingerprint density at radius 2 is 1.83 bits per heavy atom. The third kappa shape index (κ3) is 4.23. The van der Waals surface area contributed by atoms with Gasteiger partial charge in [0.25, 0.3) is 0 Å². The minimum absolute atomic E-state index is 0.00827. The van der Waals surface area contributed by atoms with Crippen molar-refractivity contribution < 1.29 is 27.3 Å². The highest BCUT2D eigenvalue weighted by Gasteiger charge is 2.20. The van der Waals surface area contributed by atoms with Crippen LogP contribution in [0.5, 0.6) is 0 Å². The van der Waals surface area contributed by atoms with Crippen molar-refractivity contribution in [2.75, 3.05) is 5.32 Å². The molecule has 0 bridgehead atoms. The number of rotatable bonds is 6. The largest absolute Gasteiger partial charge is 0.309 e. The normalized spacial score (nSPS) is 10.9. The first-order chi connectivity index (χ1) is 13.7. The summed E-state index contributed by atoms with van der Waals surface area (Å²) < 4.78 is 56.0. The molecule has 152 valence electrons. The van der Waals surface area contributed by atoms with E-state index in [0.717, 1.165) is 15.6 Å². The number of halogens is 4. The van der Waals surface area contributed by atoms with E-state index in [1.807, 2.05) is 0 Å². The number of benzene rings is 1. The van der Waals surface area contributed by atoms with Crippen molar-refractivity contribution in [2.24, 2.45) is 0 Å². The van der Waals surface area contributed by atoms with Crippen LogP contribution in [0.3, 0.4) is 0 Å². The smallest absolute Gasteiger partial charge is 0.308 e. The molecule has 0 aliphatic carbocycles. The van der Waals surface area contributed by atoms with Crippen molar-refractivity contribution in [2.45, 2.75) is 20.0 Å². The summed E-state index contributed by atoms with van der Waals surface area (Å²) in [7, 11) is 0. The zero-order chi connectivity index (χ0) is 21.3. The molecule has 2 aromatic heterocycles. The van der Waals surface area contributed by atoms with Gasteiger partial charge in [0.15, 0.2) is 29.1 Å². The Morgan fingerprint density at radius 3 is 2.41 bits per heavy atom. The fraction of sp³-hybridized carbons (Fsp3) is 0.188. The van der Waals surface area contributed by atoms with Crippen molar-refractivity contribution in [3.63, 3.8) is 0 Å². The molecule has 0 unspecified atom stereocenters. The summed E-state index contributed by atoms with van der Waals surface area (Å²) in [4.78, 5) is 22.2. The number of nitrogens with one attached hydrogen (secondary N) is 1. The Hall–Kier alpha value is -3.77. The van der Waals surface area contributed by atoms with Crippen molar-refractivity contribution in [3.8, 4) is 0 Å². The lowest BCUT2D eigenvalue weighted by Gasteiger charge is -2.07. The first-order valence-electron chi connectivity index (χ1n) is 7.99. The average Bonchev–Trinajstić information content (AvgIpc) is 3.23. The van der Waals surface area contributed by atoms with E-state index in [1.54, 1.807) is 0 Å². The molecule has 0 fully saturated rings. The molecule has 29 heavy (non-hydrogen) atoms. The maximum atomic E-state index is 13.7. The molecule has 9 nitrogen and oxygen atoms in total. The number of nitrogens with zero attached hydrogens (tertiary/aromatic N) is 5. The number of nitro groups is 1. The summed E-state index contributed by atoms with van der Waals surface area (Å²) >= 11 is 0. The minimum Gasteiger partial charge on any atom is -0.308 e. The quantitative estimate of drug-likeness (QED) is 0.290. The summed E-state index contributed by atoms with van der Waals surface area (Å²) in [5.41, 5.74) is -0.963. The Bertz CT molecular complexity index is 1080. The number of hydrogen-bond donors (Lipinski definition) is 1. The Kier molecular flexibility index (Phi) is 5.30. The van der Waals surface area contributed by atoms with Gasteiger partial charge in [0, 0.05) is 18.3 Å². The van der Waals surface area contributed by atoms with Gasteiger partial charge in [-0.05, 0) is 6.92 Å². The molecule has 1 amide bonds. The highest BCUT2D eigenvalue weighted by Crippen LogP contribution is 2.20. The molecule has 0 aliphatic rings. The first kappa shape index (κ1) is 20.0. The molecule has 3 aromatic rings. The van der Waals surface area contributed by atoms with Gasteiger partial charge in [0.05, 0.1) is 17.0 Å². The van der Waals surface area contributed by atoms with Gasteiger partial charge in [-0.25, -0.2) is 17.6 Å². The van der Waals surface area contributed by atoms with Crippen LogP contribution in [0.15, 0.2) is 24.5 Å². The van der Waals surface area contributed by atoms with E-state index in [9.17, 15) is 32.5 Å². The van der Waals surface area contributed by atoms with Crippen molar-refractivity contribution in [1.82, 2.24) is 19.6 Å². The highest BCUT2D eigenvalue weighted by atomic mass is 19.2. The number of aromatic nitrogens is 4. The number of carbonyl (C=O) groups excluding carboxylic acids is 1. The SMILES string of the molecule is Cc1nn(CC(=O)Nc2ccn(Cc3c(F)c(F)cc(F)c3F)n2)cc1[N+](=O)[O-]. The van der Waals surface area contributed by atoms with Crippen LogP contribution in [0.2, 0.25) is 0 Å². The summed E-state index contributed by atoms with van der Waals surface area (Å²) in [6, 6.07) is 1.39.